The number of piperidine rings is 1. The van der Waals surface area contributed by atoms with Gasteiger partial charge >= 0.3 is 12.1 Å². The van der Waals surface area contributed by atoms with Gasteiger partial charge in [-0.2, -0.15) is 0 Å². The van der Waals surface area contributed by atoms with Gasteiger partial charge in [0, 0.05) is 48.8 Å². The van der Waals surface area contributed by atoms with Gasteiger partial charge in [0.15, 0.2) is 18.1 Å². The molecule has 3 aromatic rings. The highest BCUT2D eigenvalue weighted by molar-refractivity contribution is 5.87. The second-order valence-corrected chi connectivity index (χ2v) is 8.29. The molecule has 2 fully saturated rings. The fraction of sp³-hybridized carbons (Fsp3) is 0.333. The van der Waals surface area contributed by atoms with Crippen LogP contribution in [0.3, 0.4) is 0 Å². The number of alkyl carbamates (subject to hydrolysis) is 1. The van der Waals surface area contributed by atoms with Crippen molar-refractivity contribution < 1.29 is 28.0 Å². The monoisotopic (exact) mass is 466 g/mol. The van der Waals surface area contributed by atoms with E-state index in [1.54, 1.807) is 25.3 Å². The van der Waals surface area contributed by atoms with Crippen LogP contribution in [0, 0.1) is 17.7 Å². The number of ether oxygens (including phenoxy) is 2. The SMILES string of the molecule is CCOC(=O)c1cc(COC(=O)NC2C3CN(c4ccc(-c5ccc(F)cc5)cn4)CC32)on1. The van der Waals surface area contributed by atoms with Crippen molar-refractivity contribution in [3.05, 3.63) is 65.9 Å². The van der Waals surface area contributed by atoms with Crippen LogP contribution in [0.4, 0.5) is 15.0 Å². The van der Waals surface area contributed by atoms with Gasteiger partial charge in [-0.3, -0.25) is 0 Å². The molecule has 0 radical (unpaired) electrons. The van der Waals surface area contributed by atoms with Crippen molar-refractivity contribution >= 4 is 17.9 Å². The maximum atomic E-state index is 13.1. The number of nitrogens with zero attached hydrogens (tertiary/aromatic N) is 3. The first-order chi connectivity index (χ1) is 16.5. The summed E-state index contributed by atoms with van der Waals surface area (Å²) in [4.78, 5) is 30.5. The number of halogens is 1. The highest BCUT2D eigenvalue weighted by Gasteiger charge is 2.57. The molecule has 1 aromatic carbocycles. The van der Waals surface area contributed by atoms with E-state index in [0.29, 0.717) is 11.8 Å². The summed E-state index contributed by atoms with van der Waals surface area (Å²) < 4.78 is 28.1. The smallest absolute Gasteiger partial charge is 0.407 e. The number of amides is 1. The molecule has 1 aliphatic heterocycles. The molecule has 1 N–H and O–H groups in total. The van der Waals surface area contributed by atoms with Gasteiger partial charge in [0.2, 0.25) is 0 Å². The molecule has 0 spiro atoms. The van der Waals surface area contributed by atoms with Crippen LogP contribution in [0.2, 0.25) is 0 Å². The van der Waals surface area contributed by atoms with Crippen molar-refractivity contribution in [1.82, 2.24) is 15.5 Å². The summed E-state index contributed by atoms with van der Waals surface area (Å²) in [7, 11) is 0. The Morgan fingerprint density at radius 2 is 1.85 bits per heavy atom. The van der Waals surface area contributed by atoms with E-state index < -0.39 is 12.1 Å². The summed E-state index contributed by atoms with van der Waals surface area (Å²) >= 11 is 0. The van der Waals surface area contributed by atoms with Gasteiger partial charge in [-0.25, -0.2) is 19.0 Å². The third-order valence-electron chi connectivity index (χ3n) is 6.12. The van der Waals surface area contributed by atoms with Crippen LogP contribution >= 0.6 is 0 Å². The lowest BCUT2D eigenvalue weighted by Gasteiger charge is -2.21. The molecule has 2 unspecified atom stereocenters. The minimum Gasteiger partial charge on any atom is -0.461 e. The largest absolute Gasteiger partial charge is 0.461 e. The Kier molecular flexibility index (Phi) is 5.87. The number of hydrogen-bond donors (Lipinski definition) is 1. The van der Waals surface area contributed by atoms with E-state index in [2.05, 4.69) is 20.4 Å². The second-order valence-electron chi connectivity index (χ2n) is 8.29. The van der Waals surface area contributed by atoms with E-state index in [1.807, 2.05) is 12.1 Å². The lowest BCUT2D eigenvalue weighted by molar-refractivity contribution is 0.0514. The van der Waals surface area contributed by atoms with Crippen molar-refractivity contribution in [2.75, 3.05) is 24.6 Å². The Morgan fingerprint density at radius 3 is 2.53 bits per heavy atom. The molecule has 1 saturated heterocycles. The Balaban J connectivity index is 1.07. The Hall–Kier alpha value is -3.95. The van der Waals surface area contributed by atoms with Crippen LogP contribution in [0.25, 0.3) is 11.1 Å². The fourth-order valence-corrected chi connectivity index (χ4v) is 4.31. The number of esters is 1. The average molecular weight is 466 g/mol. The number of aromatic nitrogens is 2. The molecule has 1 saturated carbocycles. The minimum absolute atomic E-state index is 0.0389. The van der Waals surface area contributed by atoms with E-state index in [9.17, 15) is 14.0 Å². The number of anilines is 1. The van der Waals surface area contributed by atoms with Crippen LogP contribution in [0.5, 0.6) is 0 Å². The molecular weight excluding hydrogens is 443 g/mol. The summed E-state index contributed by atoms with van der Waals surface area (Å²) in [6.45, 7) is 3.39. The molecule has 3 heterocycles. The van der Waals surface area contributed by atoms with Gasteiger partial charge in [-0.15, -0.1) is 0 Å². The molecule has 1 amide bonds. The first-order valence-corrected chi connectivity index (χ1v) is 11.0. The van der Waals surface area contributed by atoms with E-state index in [-0.39, 0.29) is 36.5 Å². The predicted molar refractivity (Wildman–Crippen MR) is 118 cm³/mol. The highest BCUT2D eigenvalue weighted by Crippen LogP contribution is 2.46. The topological polar surface area (TPSA) is 107 Å². The van der Waals surface area contributed by atoms with Gasteiger partial charge in [0.25, 0.3) is 0 Å². The second kappa shape index (κ2) is 9.12. The number of nitrogens with one attached hydrogen (secondary N) is 1. The van der Waals surface area contributed by atoms with Crippen molar-refractivity contribution in [3.63, 3.8) is 0 Å². The van der Waals surface area contributed by atoms with E-state index in [1.165, 1.54) is 18.2 Å². The number of hydrogen-bond acceptors (Lipinski definition) is 8. The van der Waals surface area contributed by atoms with E-state index >= 15 is 0 Å². The maximum absolute atomic E-state index is 13.1. The summed E-state index contributed by atoms with van der Waals surface area (Å²) in [6.07, 6.45) is 1.25. The zero-order chi connectivity index (χ0) is 23.7. The summed E-state index contributed by atoms with van der Waals surface area (Å²) in [6, 6.07) is 11.7. The van der Waals surface area contributed by atoms with Gasteiger partial charge in [0.05, 0.1) is 6.61 Å². The molecule has 1 aliphatic carbocycles. The number of fused-ring (bicyclic) bond motifs is 1. The first kappa shape index (κ1) is 21.9. The van der Waals surface area contributed by atoms with Gasteiger partial charge in [0.1, 0.15) is 11.6 Å². The molecular formula is C24H23FN4O5. The number of carbonyl (C=O) groups is 2. The zero-order valence-electron chi connectivity index (χ0n) is 18.4. The number of rotatable bonds is 7. The molecule has 10 heteroatoms. The summed E-state index contributed by atoms with van der Waals surface area (Å²) in [5, 5.41) is 6.50. The van der Waals surface area contributed by atoms with Crippen LogP contribution in [0.15, 0.2) is 53.2 Å². The summed E-state index contributed by atoms with van der Waals surface area (Å²) in [5.74, 6) is 0.964. The van der Waals surface area contributed by atoms with Crippen molar-refractivity contribution in [1.29, 1.82) is 0 Å². The lowest BCUT2D eigenvalue weighted by Crippen LogP contribution is -2.35. The fourth-order valence-electron chi connectivity index (χ4n) is 4.31. The molecule has 0 bridgehead atoms. The molecule has 2 aromatic heterocycles. The zero-order valence-corrected chi connectivity index (χ0v) is 18.4. The predicted octanol–water partition coefficient (Wildman–Crippen LogP) is 3.41. The van der Waals surface area contributed by atoms with Crippen LogP contribution in [-0.2, 0) is 16.1 Å². The Morgan fingerprint density at radius 1 is 1.12 bits per heavy atom. The molecule has 5 rings (SSSR count). The molecule has 34 heavy (non-hydrogen) atoms. The highest BCUT2D eigenvalue weighted by atomic mass is 19.1. The van der Waals surface area contributed by atoms with Gasteiger partial charge in [-0.1, -0.05) is 17.3 Å². The Bertz CT molecular complexity index is 1170. The normalized spacial score (nSPS) is 20.5. The van der Waals surface area contributed by atoms with Crippen LogP contribution < -0.4 is 10.2 Å². The van der Waals surface area contributed by atoms with Gasteiger partial charge < -0.3 is 24.2 Å². The molecule has 9 nitrogen and oxygen atoms in total. The molecule has 2 atom stereocenters. The quantitative estimate of drug-likeness (QED) is 0.528. The van der Waals surface area contributed by atoms with Crippen LogP contribution in [0.1, 0.15) is 23.2 Å². The molecule has 2 aliphatic rings. The third-order valence-corrected chi connectivity index (χ3v) is 6.12. The van der Waals surface area contributed by atoms with Crippen molar-refractivity contribution in [3.8, 4) is 11.1 Å². The van der Waals surface area contributed by atoms with Crippen molar-refractivity contribution in [2.24, 2.45) is 11.8 Å². The number of pyridine rings is 1. The van der Waals surface area contributed by atoms with Crippen molar-refractivity contribution in [2.45, 2.75) is 19.6 Å². The van der Waals surface area contributed by atoms with E-state index in [4.69, 9.17) is 14.0 Å². The first-order valence-electron chi connectivity index (χ1n) is 11.0. The average Bonchev–Trinajstić information content (AvgIpc) is 3.22. The third kappa shape index (κ3) is 4.57. The van der Waals surface area contributed by atoms with Crippen LogP contribution in [-0.4, -0.2) is 47.9 Å². The van der Waals surface area contributed by atoms with E-state index in [0.717, 1.165) is 30.0 Å². The van der Waals surface area contributed by atoms with Gasteiger partial charge in [-0.05, 0) is 36.8 Å². The Labute approximate surface area is 194 Å². The number of carbonyl (C=O) groups excluding carboxylic acids is 2. The minimum atomic E-state index is -0.586. The lowest BCUT2D eigenvalue weighted by atomic mass is 10.1. The number of benzene rings is 1. The maximum Gasteiger partial charge on any atom is 0.407 e. The summed E-state index contributed by atoms with van der Waals surface area (Å²) in [5.41, 5.74) is 1.88. The molecule has 176 valence electrons. The standard InChI is InChI=1S/C24H23FN4O5/c1-2-32-23(30)20-9-17(34-28-20)13-33-24(31)27-22-18-11-29(12-19(18)22)21-8-5-15(10-26-21)14-3-6-16(25)7-4-14/h3-10,18-19,22H,2,11-13H2,1H3,(H,27,31).